The molecule has 0 bridgehead atoms. The van der Waals surface area contributed by atoms with Gasteiger partial charge in [-0.2, -0.15) is 0 Å². The number of amides is 2. The van der Waals surface area contributed by atoms with Crippen LogP contribution in [0.25, 0.3) is 0 Å². The molecule has 0 radical (unpaired) electrons. The largest absolute Gasteiger partial charge is 0.497 e. The lowest BCUT2D eigenvalue weighted by molar-refractivity contribution is 0.0333. The van der Waals surface area contributed by atoms with Crippen molar-refractivity contribution in [2.75, 3.05) is 7.11 Å². The third-order valence-electron chi connectivity index (χ3n) is 6.35. The maximum atomic E-state index is 13.8. The summed E-state index contributed by atoms with van der Waals surface area (Å²) in [5.74, 6) is 0.571. The van der Waals surface area contributed by atoms with Crippen molar-refractivity contribution in [3.63, 3.8) is 0 Å². The van der Waals surface area contributed by atoms with E-state index in [1.54, 1.807) is 36.4 Å². The van der Waals surface area contributed by atoms with Crippen LogP contribution >= 0.6 is 0 Å². The second-order valence-electron chi connectivity index (χ2n) is 8.98. The van der Waals surface area contributed by atoms with Crippen molar-refractivity contribution in [1.29, 1.82) is 0 Å². The molecule has 0 aromatic heterocycles. The highest BCUT2D eigenvalue weighted by Crippen LogP contribution is 2.31. The van der Waals surface area contributed by atoms with Crippen molar-refractivity contribution >= 4 is 11.8 Å². The Kier molecular flexibility index (Phi) is 8.32. The zero-order valence-corrected chi connectivity index (χ0v) is 19.8. The summed E-state index contributed by atoms with van der Waals surface area (Å²) < 4.78 is 5.27. The van der Waals surface area contributed by atoms with Crippen LogP contribution in [0.4, 0.5) is 0 Å². The number of methoxy groups -OCH3 is 1. The Hall–Kier alpha value is -2.82. The van der Waals surface area contributed by atoms with E-state index < -0.39 is 0 Å². The maximum absolute atomic E-state index is 13.8. The third-order valence-corrected chi connectivity index (χ3v) is 6.35. The zero-order valence-electron chi connectivity index (χ0n) is 19.8. The molecule has 1 saturated carbocycles. The third kappa shape index (κ3) is 5.90. The first-order valence-corrected chi connectivity index (χ1v) is 11.8. The van der Waals surface area contributed by atoms with Crippen LogP contribution < -0.4 is 10.2 Å². The van der Waals surface area contributed by atoms with Gasteiger partial charge in [0, 0.05) is 11.1 Å². The van der Waals surface area contributed by atoms with E-state index in [1.807, 2.05) is 26.0 Å². The highest BCUT2D eigenvalue weighted by atomic mass is 16.5. The van der Waals surface area contributed by atoms with Gasteiger partial charge in [-0.1, -0.05) is 55.9 Å². The maximum Gasteiger partial charge on any atom is 0.272 e. The lowest BCUT2D eigenvalue weighted by Crippen LogP contribution is -2.54. The van der Waals surface area contributed by atoms with E-state index in [9.17, 15) is 9.59 Å². The van der Waals surface area contributed by atoms with Crippen molar-refractivity contribution in [3.8, 4) is 5.75 Å². The molecule has 1 atom stereocenters. The zero-order chi connectivity index (χ0) is 23.1. The minimum atomic E-state index is -0.293. The minimum Gasteiger partial charge on any atom is -0.497 e. The topological polar surface area (TPSA) is 58.6 Å². The smallest absolute Gasteiger partial charge is 0.272 e. The average Bonchev–Trinajstić information content (AvgIpc) is 2.80. The lowest BCUT2D eigenvalue weighted by Gasteiger charge is -2.39. The Labute approximate surface area is 192 Å². The number of benzene rings is 2. The fraction of sp³-hybridized carbons (Fsp3) is 0.481. The number of hydrogen-bond donors (Lipinski definition) is 1. The van der Waals surface area contributed by atoms with Crippen LogP contribution in [0.5, 0.6) is 5.75 Å². The number of nitrogens with one attached hydrogen (secondary N) is 1. The Morgan fingerprint density at radius 1 is 1.03 bits per heavy atom. The van der Waals surface area contributed by atoms with Crippen LogP contribution in [0.1, 0.15) is 83.7 Å². The first kappa shape index (κ1) is 23.8. The normalized spacial score (nSPS) is 15.1. The molecule has 5 heteroatoms. The van der Waals surface area contributed by atoms with Gasteiger partial charge in [0.15, 0.2) is 0 Å². The number of hydrazine groups is 1. The van der Waals surface area contributed by atoms with E-state index in [2.05, 4.69) is 18.4 Å². The van der Waals surface area contributed by atoms with E-state index >= 15 is 0 Å². The second-order valence-corrected chi connectivity index (χ2v) is 8.98. The molecule has 2 aromatic rings. The van der Waals surface area contributed by atoms with E-state index in [-0.39, 0.29) is 17.9 Å². The summed E-state index contributed by atoms with van der Waals surface area (Å²) in [5.41, 5.74) is 6.16. The van der Waals surface area contributed by atoms with Gasteiger partial charge >= 0.3 is 0 Å². The summed E-state index contributed by atoms with van der Waals surface area (Å²) >= 11 is 0. The SMILES string of the molecule is CCC[C@@H](C1CCCCC1)N(NC(=O)c1cccc(OC)c1)C(=O)c1cc(C)cc(C)c1. The van der Waals surface area contributed by atoms with Crippen molar-refractivity contribution in [2.45, 2.75) is 71.8 Å². The number of carbonyl (C=O) groups excluding carboxylic acids is 2. The predicted octanol–water partition coefficient (Wildman–Crippen LogP) is 5.85. The fourth-order valence-electron chi connectivity index (χ4n) is 4.85. The highest BCUT2D eigenvalue weighted by Gasteiger charge is 2.33. The first-order chi connectivity index (χ1) is 15.4. The molecule has 172 valence electrons. The molecule has 3 rings (SSSR count). The summed E-state index contributed by atoms with van der Waals surface area (Å²) in [6, 6.07) is 12.9. The van der Waals surface area contributed by atoms with Crippen LogP contribution in [0.3, 0.4) is 0 Å². The van der Waals surface area contributed by atoms with Gasteiger partial charge in [0.1, 0.15) is 5.75 Å². The summed E-state index contributed by atoms with van der Waals surface area (Å²) in [6.07, 6.45) is 7.61. The minimum absolute atomic E-state index is 0.0248. The monoisotopic (exact) mass is 436 g/mol. The van der Waals surface area contributed by atoms with Gasteiger partial charge < -0.3 is 4.74 Å². The summed E-state index contributed by atoms with van der Waals surface area (Å²) in [7, 11) is 1.58. The van der Waals surface area contributed by atoms with Gasteiger partial charge in [-0.15, -0.1) is 0 Å². The summed E-state index contributed by atoms with van der Waals surface area (Å²) in [5, 5.41) is 1.63. The molecule has 1 aliphatic carbocycles. The number of hydrogen-bond acceptors (Lipinski definition) is 3. The molecule has 0 aliphatic heterocycles. The highest BCUT2D eigenvalue weighted by molar-refractivity contribution is 5.99. The van der Waals surface area contributed by atoms with E-state index in [0.717, 1.165) is 36.8 Å². The first-order valence-electron chi connectivity index (χ1n) is 11.8. The number of rotatable bonds is 7. The van der Waals surface area contributed by atoms with Gasteiger partial charge in [-0.3, -0.25) is 15.0 Å². The van der Waals surface area contributed by atoms with Gasteiger partial charge in [-0.25, -0.2) is 5.01 Å². The number of aryl methyl sites for hydroxylation is 2. The van der Waals surface area contributed by atoms with Gasteiger partial charge in [0.25, 0.3) is 11.8 Å². The molecule has 1 aliphatic rings. The van der Waals surface area contributed by atoms with Crippen molar-refractivity contribution in [1.82, 2.24) is 10.4 Å². The van der Waals surface area contributed by atoms with Crippen LogP contribution in [0, 0.1) is 19.8 Å². The molecule has 0 heterocycles. The van der Waals surface area contributed by atoms with Gasteiger partial charge in [-0.05, 0) is 69.4 Å². The molecular weight excluding hydrogens is 400 g/mol. The molecule has 0 saturated heterocycles. The molecule has 1 fully saturated rings. The Bertz CT molecular complexity index is 914. The molecule has 32 heavy (non-hydrogen) atoms. The number of carbonyl (C=O) groups is 2. The standard InChI is InChI=1S/C27H36N2O3/c1-5-10-25(21-11-7-6-8-12-21)29(27(31)23-16-19(2)15-20(3)17-23)28-26(30)22-13-9-14-24(18-22)32-4/h9,13-18,21,25H,5-8,10-12H2,1-4H3,(H,28,30)/t25-/m0/s1. The molecule has 2 amide bonds. The number of nitrogens with zero attached hydrogens (tertiary/aromatic N) is 1. The van der Waals surface area contributed by atoms with Crippen LogP contribution in [-0.2, 0) is 0 Å². The number of ether oxygens (including phenoxy) is 1. The van der Waals surface area contributed by atoms with Crippen molar-refractivity contribution in [3.05, 3.63) is 64.7 Å². The van der Waals surface area contributed by atoms with Gasteiger partial charge in [0.05, 0.1) is 13.2 Å². The molecule has 0 spiro atoms. The molecule has 0 unspecified atom stereocenters. The Morgan fingerprint density at radius 2 is 1.72 bits per heavy atom. The quantitative estimate of drug-likeness (QED) is 0.554. The molecule has 1 N–H and O–H groups in total. The van der Waals surface area contributed by atoms with Gasteiger partial charge in [0.2, 0.25) is 0 Å². The van der Waals surface area contributed by atoms with E-state index in [4.69, 9.17) is 4.74 Å². The van der Waals surface area contributed by atoms with Crippen LogP contribution in [-0.4, -0.2) is 30.0 Å². The summed E-state index contributed by atoms with van der Waals surface area (Å²) in [6.45, 7) is 6.13. The fourth-order valence-corrected chi connectivity index (χ4v) is 4.85. The van der Waals surface area contributed by atoms with Crippen LogP contribution in [0.15, 0.2) is 42.5 Å². The second kappa shape index (κ2) is 11.2. The van der Waals surface area contributed by atoms with Crippen molar-refractivity contribution < 1.29 is 14.3 Å². The Morgan fingerprint density at radius 3 is 2.34 bits per heavy atom. The molecule has 5 nitrogen and oxygen atoms in total. The molecule has 2 aromatic carbocycles. The van der Waals surface area contributed by atoms with Crippen molar-refractivity contribution in [2.24, 2.45) is 5.92 Å². The summed E-state index contributed by atoms with van der Waals surface area (Å²) in [4.78, 5) is 27.0. The van der Waals surface area contributed by atoms with Crippen LogP contribution in [0.2, 0.25) is 0 Å². The Balaban J connectivity index is 1.96. The molecular formula is C27H36N2O3. The lowest BCUT2D eigenvalue weighted by atomic mass is 9.81. The predicted molar refractivity (Wildman–Crippen MR) is 128 cm³/mol. The average molecular weight is 437 g/mol. The van der Waals surface area contributed by atoms with E-state index in [1.165, 1.54) is 19.3 Å². The van der Waals surface area contributed by atoms with E-state index in [0.29, 0.717) is 22.8 Å².